The molecule has 1 N–H and O–H groups in total. The van der Waals surface area contributed by atoms with Gasteiger partial charge < -0.3 is 9.84 Å². The zero-order chi connectivity index (χ0) is 11.0. The molecule has 0 radical (unpaired) electrons. The van der Waals surface area contributed by atoms with Crippen LogP contribution >= 0.6 is 0 Å². The molecule has 0 saturated carbocycles. The van der Waals surface area contributed by atoms with Crippen LogP contribution in [0.2, 0.25) is 0 Å². The SMILES string of the molecule is CN(C)/N=C(/OCCO)C(C#N)C#N. The van der Waals surface area contributed by atoms with Gasteiger partial charge in [-0.3, -0.25) is 5.01 Å². The van der Waals surface area contributed by atoms with E-state index in [0.717, 1.165) is 0 Å². The summed E-state index contributed by atoms with van der Waals surface area (Å²) in [6, 6.07) is 3.48. The molecule has 0 bridgehead atoms. The number of ether oxygens (including phenoxy) is 1. The molecule has 0 heterocycles. The first kappa shape index (κ1) is 12.2. The maximum atomic E-state index is 8.59. The van der Waals surface area contributed by atoms with E-state index in [1.165, 1.54) is 5.01 Å². The highest BCUT2D eigenvalue weighted by Crippen LogP contribution is 2.00. The van der Waals surface area contributed by atoms with E-state index in [-0.39, 0.29) is 19.1 Å². The summed E-state index contributed by atoms with van der Waals surface area (Å²) in [5.41, 5.74) is 0. The molecule has 0 aliphatic carbocycles. The fourth-order valence-electron chi connectivity index (χ4n) is 0.657. The summed E-state index contributed by atoms with van der Waals surface area (Å²) in [7, 11) is 3.29. The lowest BCUT2D eigenvalue weighted by molar-refractivity contribution is 0.185. The summed E-state index contributed by atoms with van der Waals surface area (Å²) in [4.78, 5) is 0. The molecular weight excluding hydrogens is 184 g/mol. The minimum atomic E-state index is -1.04. The van der Waals surface area contributed by atoms with E-state index in [2.05, 4.69) is 5.10 Å². The van der Waals surface area contributed by atoms with E-state index in [9.17, 15) is 0 Å². The van der Waals surface area contributed by atoms with E-state index in [0.29, 0.717) is 0 Å². The van der Waals surface area contributed by atoms with Crippen LogP contribution in [0.15, 0.2) is 5.10 Å². The van der Waals surface area contributed by atoms with Crippen LogP contribution in [0.1, 0.15) is 0 Å². The van der Waals surface area contributed by atoms with Gasteiger partial charge in [0, 0.05) is 14.1 Å². The average molecular weight is 196 g/mol. The Morgan fingerprint density at radius 2 is 2.07 bits per heavy atom. The third-order valence-corrected chi connectivity index (χ3v) is 1.14. The largest absolute Gasteiger partial charge is 0.476 e. The summed E-state index contributed by atoms with van der Waals surface area (Å²) >= 11 is 0. The topological polar surface area (TPSA) is 92.6 Å². The van der Waals surface area contributed by atoms with Gasteiger partial charge in [0.1, 0.15) is 6.61 Å². The molecule has 14 heavy (non-hydrogen) atoms. The van der Waals surface area contributed by atoms with Crippen LogP contribution in [0.25, 0.3) is 0 Å². The summed E-state index contributed by atoms with van der Waals surface area (Å²) in [5.74, 6) is -1.03. The molecule has 0 unspecified atom stereocenters. The van der Waals surface area contributed by atoms with Gasteiger partial charge in [0.25, 0.3) is 0 Å². The van der Waals surface area contributed by atoms with Gasteiger partial charge in [0.15, 0.2) is 0 Å². The number of nitriles is 2. The lowest BCUT2D eigenvalue weighted by Crippen LogP contribution is -2.20. The van der Waals surface area contributed by atoms with Crippen LogP contribution in [0.5, 0.6) is 0 Å². The Balaban J connectivity index is 4.57. The van der Waals surface area contributed by atoms with Gasteiger partial charge in [-0.15, -0.1) is 5.10 Å². The van der Waals surface area contributed by atoms with Crippen LogP contribution in [0.3, 0.4) is 0 Å². The zero-order valence-electron chi connectivity index (χ0n) is 8.14. The van der Waals surface area contributed by atoms with Crippen molar-refractivity contribution in [1.82, 2.24) is 5.01 Å². The third-order valence-electron chi connectivity index (χ3n) is 1.14. The van der Waals surface area contributed by atoms with Crippen LogP contribution in [-0.4, -0.2) is 43.3 Å². The summed E-state index contributed by atoms with van der Waals surface area (Å²) in [6.45, 7) is -0.164. The number of hydrogen-bond donors (Lipinski definition) is 1. The van der Waals surface area contributed by atoms with Gasteiger partial charge in [-0.1, -0.05) is 0 Å². The Morgan fingerprint density at radius 1 is 1.50 bits per heavy atom. The van der Waals surface area contributed by atoms with Crippen molar-refractivity contribution in [3.63, 3.8) is 0 Å². The van der Waals surface area contributed by atoms with Gasteiger partial charge in [-0.05, 0) is 0 Å². The van der Waals surface area contributed by atoms with Gasteiger partial charge in [0.05, 0.1) is 18.7 Å². The minimum Gasteiger partial charge on any atom is -0.476 e. The van der Waals surface area contributed by atoms with E-state index in [1.807, 2.05) is 0 Å². The van der Waals surface area contributed by atoms with Crippen LogP contribution in [0.4, 0.5) is 0 Å². The molecule has 0 rings (SSSR count). The number of aliphatic hydroxyl groups excluding tert-OH is 1. The van der Waals surface area contributed by atoms with Crippen LogP contribution < -0.4 is 0 Å². The Kier molecular flexibility index (Phi) is 5.84. The highest BCUT2D eigenvalue weighted by molar-refractivity contribution is 5.83. The maximum absolute atomic E-state index is 8.59. The Labute approximate surface area is 82.6 Å². The molecule has 0 atom stereocenters. The molecule has 0 fully saturated rings. The second-order valence-electron chi connectivity index (χ2n) is 2.55. The van der Waals surface area contributed by atoms with Crippen LogP contribution in [0, 0.1) is 28.6 Å². The maximum Gasteiger partial charge on any atom is 0.238 e. The lowest BCUT2D eigenvalue weighted by atomic mass is 10.2. The molecule has 76 valence electrons. The van der Waals surface area contributed by atoms with Crippen molar-refractivity contribution in [1.29, 1.82) is 10.5 Å². The zero-order valence-corrected chi connectivity index (χ0v) is 8.14. The van der Waals surface area contributed by atoms with Gasteiger partial charge >= 0.3 is 0 Å². The predicted molar refractivity (Wildman–Crippen MR) is 48.9 cm³/mol. The normalized spacial score (nSPS) is 10.6. The molecule has 0 amide bonds. The lowest BCUT2D eigenvalue weighted by Gasteiger charge is -2.11. The monoisotopic (exact) mass is 196 g/mol. The van der Waals surface area contributed by atoms with Crippen LogP contribution in [-0.2, 0) is 4.74 Å². The summed E-state index contributed by atoms with van der Waals surface area (Å²) in [6.07, 6.45) is 0. The van der Waals surface area contributed by atoms with Crippen molar-refractivity contribution in [3.05, 3.63) is 0 Å². The fraction of sp³-hybridized carbons (Fsp3) is 0.625. The smallest absolute Gasteiger partial charge is 0.238 e. The minimum absolute atomic E-state index is 0.00838. The molecule has 0 saturated heterocycles. The number of aliphatic hydroxyl groups is 1. The number of hydrazone groups is 1. The molecule has 6 nitrogen and oxygen atoms in total. The van der Waals surface area contributed by atoms with Crippen molar-refractivity contribution in [3.8, 4) is 12.1 Å². The van der Waals surface area contributed by atoms with Crippen molar-refractivity contribution >= 4 is 5.90 Å². The molecular formula is C8H12N4O2. The first-order valence-corrected chi connectivity index (χ1v) is 3.94. The van der Waals surface area contributed by atoms with Gasteiger partial charge in [-0.25, -0.2) is 0 Å². The Morgan fingerprint density at radius 3 is 2.43 bits per heavy atom. The number of rotatable bonds is 4. The van der Waals surface area contributed by atoms with Crippen molar-refractivity contribution < 1.29 is 9.84 Å². The third kappa shape index (κ3) is 4.29. The first-order chi connectivity index (χ1) is 6.65. The molecule has 0 aromatic carbocycles. The van der Waals surface area contributed by atoms with E-state index in [4.69, 9.17) is 20.4 Å². The summed E-state index contributed by atoms with van der Waals surface area (Å²) < 4.78 is 4.96. The fourth-order valence-corrected chi connectivity index (χ4v) is 0.657. The highest BCUT2D eigenvalue weighted by Gasteiger charge is 2.16. The standard InChI is InChI=1S/C8H12N4O2/c1-12(2)11-8(14-4-3-13)7(5-9)6-10/h7,13H,3-4H2,1-2H3/b11-8+. The van der Waals surface area contributed by atoms with E-state index < -0.39 is 5.92 Å². The molecule has 0 spiro atoms. The van der Waals surface area contributed by atoms with Gasteiger partial charge in [-0.2, -0.15) is 10.5 Å². The predicted octanol–water partition coefficient (Wildman–Crippen LogP) is -0.466. The quantitative estimate of drug-likeness (QED) is 0.373. The van der Waals surface area contributed by atoms with E-state index >= 15 is 0 Å². The van der Waals surface area contributed by atoms with Gasteiger partial charge in [0.2, 0.25) is 11.8 Å². The highest BCUT2D eigenvalue weighted by atomic mass is 16.5. The molecule has 0 aromatic rings. The second-order valence-corrected chi connectivity index (χ2v) is 2.55. The van der Waals surface area contributed by atoms with Crippen molar-refractivity contribution in [2.24, 2.45) is 11.0 Å². The summed E-state index contributed by atoms with van der Waals surface area (Å²) in [5, 5.41) is 31.0. The number of hydrogen-bond acceptors (Lipinski definition) is 6. The molecule has 0 aliphatic heterocycles. The average Bonchev–Trinajstić information content (AvgIpc) is 2.15. The Hall–Kier alpha value is -1.79. The Bertz CT molecular complexity index is 260. The van der Waals surface area contributed by atoms with Crippen molar-refractivity contribution in [2.75, 3.05) is 27.3 Å². The number of nitrogens with zero attached hydrogens (tertiary/aromatic N) is 4. The van der Waals surface area contributed by atoms with E-state index in [1.54, 1.807) is 26.2 Å². The molecule has 6 heteroatoms. The first-order valence-electron chi connectivity index (χ1n) is 3.94. The molecule has 0 aromatic heterocycles. The second kappa shape index (κ2) is 6.70. The van der Waals surface area contributed by atoms with Crippen molar-refractivity contribution in [2.45, 2.75) is 0 Å². The molecule has 0 aliphatic rings.